The lowest BCUT2D eigenvalue weighted by atomic mass is 9.96. The molecule has 1 aromatic heterocycles. The molecule has 1 aliphatic heterocycles. The van der Waals surface area contributed by atoms with Crippen molar-refractivity contribution in [2.24, 2.45) is 11.3 Å². The first kappa shape index (κ1) is 18.1. The molecule has 3 rings (SSSR count). The third-order valence-electron chi connectivity index (χ3n) is 5.39. The number of ether oxygens (including phenoxy) is 1. The molecule has 25 heavy (non-hydrogen) atoms. The fourth-order valence-electron chi connectivity index (χ4n) is 3.74. The van der Waals surface area contributed by atoms with Gasteiger partial charge in [0.05, 0.1) is 12.8 Å². The van der Waals surface area contributed by atoms with E-state index in [9.17, 15) is 9.59 Å². The molecule has 6 heteroatoms. The summed E-state index contributed by atoms with van der Waals surface area (Å²) in [6.07, 6.45) is 4.09. The number of carbonyl (C=O) groups is 1. The third-order valence-corrected chi connectivity index (χ3v) is 5.39. The molecule has 0 N–H and O–H groups in total. The maximum absolute atomic E-state index is 12.5. The molecule has 1 spiro atoms. The van der Waals surface area contributed by atoms with Gasteiger partial charge in [-0.05, 0) is 43.6 Å². The second-order valence-electron chi connectivity index (χ2n) is 8.20. The molecule has 1 atom stereocenters. The molecule has 0 radical (unpaired) electrons. The van der Waals surface area contributed by atoms with Crippen molar-refractivity contribution in [3.05, 3.63) is 27.7 Å². The monoisotopic (exact) mass is 347 g/mol. The van der Waals surface area contributed by atoms with E-state index >= 15 is 0 Å². The van der Waals surface area contributed by atoms with Gasteiger partial charge in [0.15, 0.2) is 6.04 Å². The summed E-state index contributed by atoms with van der Waals surface area (Å²) in [6.45, 7) is 9.19. The number of carbonyl (C=O) groups excluding carboxylic acids is 1. The molecule has 1 aromatic rings. The normalized spacial score (nSPS) is 19.7. The number of aryl methyl sites for hydroxylation is 1. The minimum atomic E-state index is -0.658. The first-order valence-corrected chi connectivity index (χ1v) is 9.23. The van der Waals surface area contributed by atoms with Gasteiger partial charge in [-0.25, -0.2) is 9.48 Å². The molecule has 1 aliphatic carbocycles. The summed E-state index contributed by atoms with van der Waals surface area (Å²) in [5.41, 5.74) is 1.94. The fourth-order valence-corrected chi connectivity index (χ4v) is 3.74. The Morgan fingerprint density at radius 1 is 1.36 bits per heavy atom. The maximum Gasteiger partial charge on any atom is 0.330 e. The molecule has 2 aliphatic rings. The van der Waals surface area contributed by atoms with Crippen molar-refractivity contribution in [3.63, 3.8) is 0 Å². The zero-order chi connectivity index (χ0) is 18.2. The van der Waals surface area contributed by atoms with Crippen LogP contribution in [0.5, 0.6) is 0 Å². The zero-order valence-electron chi connectivity index (χ0n) is 15.7. The molecule has 0 amide bonds. The largest absolute Gasteiger partial charge is 0.467 e. The van der Waals surface area contributed by atoms with Crippen molar-refractivity contribution in [1.29, 1.82) is 0 Å². The Morgan fingerprint density at radius 3 is 2.60 bits per heavy atom. The number of aromatic nitrogens is 2. The Labute approximate surface area is 149 Å². The zero-order valence-corrected chi connectivity index (χ0v) is 15.7. The molecule has 138 valence electrons. The molecule has 0 unspecified atom stereocenters. The van der Waals surface area contributed by atoms with Gasteiger partial charge in [-0.3, -0.25) is 4.79 Å². The average molecular weight is 347 g/mol. The van der Waals surface area contributed by atoms with Gasteiger partial charge in [-0.15, -0.1) is 0 Å². The van der Waals surface area contributed by atoms with Crippen LogP contribution < -0.4 is 5.56 Å². The quantitative estimate of drug-likeness (QED) is 0.706. The van der Waals surface area contributed by atoms with Gasteiger partial charge >= 0.3 is 5.97 Å². The van der Waals surface area contributed by atoms with E-state index in [0.717, 1.165) is 18.7 Å². The van der Waals surface area contributed by atoms with Crippen LogP contribution >= 0.6 is 0 Å². The standard InChI is InChI=1S/C19H29N3O3/c1-13(2)9-16(18(24)25-4)22-17(23)14(3)10-15(20-22)5-8-21-11-19(12-21)6-7-19/h10,13,16H,5-9,11-12H2,1-4H3/t16-/m0/s1. The number of likely N-dealkylation sites (tertiary alicyclic amines) is 1. The minimum Gasteiger partial charge on any atom is -0.467 e. The highest BCUT2D eigenvalue weighted by atomic mass is 16.5. The number of nitrogens with zero attached hydrogens (tertiary/aromatic N) is 3. The van der Waals surface area contributed by atoms with Crippen LogP contribution in [0.1, 0.15) is 50.4 Å². The highest BCUT2D eigenvalue weighted by molar-refractivity contribution is 5.73. The lowest BCUT2D eigenvalue weighted by molar-refractivity contribution is -0.145. The lowest BCUT2D eigenvalue weighted by Crippen LogP contribution is -2.49. The number of rotatable bonds is 7. The van der Waals surface area contributed by atoms with E-state index < -0.39 is 12.0 Å². The molecule has 0 bridgehead atoms. The SMILES string of the molecule is COC(=O)[C@H](CC(C)C)n1nc(CCN2CC3(CC3)C2)cc(C)c1=O. The van der Waals surface area contributed by atoms with Crippen molar-refractivity contribution in [2.45, 2.75) is 52.5 Å². The van der Waals surface area contributed by atoms with Crippen LogP contribution in [-0.2, 0) is 16.0 Å². The van der Waals surface area contributed by atoms with Gasteiger partial charge in [-0.2, -0.15) is 5.10 Å². The summed E-state index contributed by atoms with van der Waals surface area (Å²) in [4.78, 5) is 27.2. The lowest BCUT2D eigenvalue weighted by Gasteiger charge is -2.40. The Kier molecular flexibility index (Phi) is 5.00. The number of hydrogen-bond acceptors (Lipinski definition) is 5. The Morgan fingerprint density at radius 2 is 2.04 bits per heavy atom. The summed E-state index contributed by atoms with van der Waals surface area (Å²) in [5, 5.41) is 4.51. The number of methoxy groups -OCH3 is 1. The summed E-state index contributed by atoms with van der Waals surface area (Å²) in [6, 6.07) is 1.20. The molecular formula is C19H29N3O3. The maximum atomic E-state index is 12.5. The summed E-state index contributed by atoms with van der Waals surface area (Å²) in [7, 11) is 1.36. The van der Waals surface area contributed by atoms with Crippen LogP contribution in [0.25, 0.3) is 0 Å². The van der Waals surface area contributed by atoms with E-state index in [1.54, 1.807) is 6.92 Å². The van der Waals surface area contributed by atoms with E-state index in [4.69, 9.17) is 4.74 Å². The molecular weight excluding hydrogens is 318 g/mol. The first-order chi connectivity index (χ1) is 11.8. The summed E-state index contributed by atoms with van der Waals surface area (Å²) in [5.74, 6) is -0.143. The van der Waals surface area contributed by atoms with Crippen LogP contribution in [0, 0.1) is 18.3 Å². The second-order valence-corrected chi connectivity index (χ2v) is 8.20. The summed E-state index contributed by atoms with van der Waals surface area (Å²) < 4.78 is 6.25. The second kappa shape index (κ2) is 6.90. The van der Waals surface area contributed by atoms with E-state index in [1.165, 1.54) is 37.7 Å². The minimum absolute atomic E-state index is 0.208. The van der Waals surface area contributed by atoms with E-state index in [1.807, 2.05) is 19.9 Å². The van der Waals surface area contributed by atoms with Crippen LogP contribution in [0.2, 0.25) is 0 Å². The highest BCUT2D eigenvalue weighted by Crippen LogP contribution is 2.52. The van der Waals surface area contributed by atoms with Crippen LogP contribution in [0.15, 0.2) is 10.9 Å². The van der Waals surface area contributed by atoms with Crippen LogP contribution in [-0.4, -0.2) is 47.4 Å². The van der Waals surface area contributed by atoms with Crippen LogP contribution in [0.3, 0.4) is 0 Å². The number of esters is 1. The van der Waals surface area contributed by atoms with Gasteiger partial charge in [-0.1, -0.05) is 13.8 Å². The van der Waals surface area contributed by atoms with Gasteiger partial charge < -0.3 is 9.64 Å². The van der Waals surface area contributed by atoms with Gasteiger partial charge in [0.25, 0.3) is 5.56 Å². The number of hydrogen-bond donors (Lipinski definition) is 0. The topological polar surface area (TPSA) is 64.4 Å². The predicted octanol–water partition coefficient (Wildman–Crippen LogP) is 1.95. The van der Waals surface area contributed by atoms with Gasteiger partial charge in [0.2, 0.25) is 0 Å². The Hall–Kier alpha value is -1.69. The molecule has 0 aromatic carbocycles. The van der Waals surface area contributed by atoms with E-state index in [-0.39, 0.29) is 11.5 Å². The molecule has 1 saturated carbocycles. The van der Waals surface area contributed by atoms with Gasteiger partial charge in [0, 0.05) is 31.6 Å². The first-order valence-electron chi connectivity index (χ1n) is 9.23. The third kappa shape index (κ3) is 3.94. The van der Waals surface area contributed by atoms with Crippen molar-refractivity contribution >= 4 is 5.97 Å². The van der Waals surface area contributed by atoms with Crippen molar-refractivity contribution in [1.82, 2.24) is 14.7 Å². The predicted molar refractivity (Wildman–Crippen MR) is 95.6 cm³/mol. The van der Waals surface area contributed by atoms with Crippen molar-refractivity contribution < 1.29 is 9.53 Å². The average Bonchev–Trinajstić information content (AvgIpc) is 3.32. The van der Waals surface area contributed by atoms with Crippen LogP contribution in [0.4, 0.5) is 0 Å². The Bertz CT molecular complexity index is 698. The smallest absolute Gasteiger partial charge is 0.330 e. The molecule has 1 saturated heterocycles. The molecule has 2 fully saturated rings. The summed E-state index contributed by atoms with van der Waals surface area (Å²) >= 11 is 0. The van der Waals surface area contributed by atoms with E-state index in [2.05, 4.69) is 10.00 Å². The van der Waals surface area contributed by atoms with E-state index in [0.29, 0.717) is 17.4 Å². The van der Waals surface area contributed by atoms with Crippen molar-refractivity contribution in [3.8, 4) is 0 Å². The molecule has 6 nitrogen and oxygen atoms in total. The van der Waals surface area contributed by atoms with Crippen molar-refractivity contribution in [2.75, 3.05) is 26.7 Å². The van der Waals surface area contributed by atoms with Gasteiger partial charge in [0.1, 0.15) is 0 Å². The molecule has 2 heterocycles. The Balaban J connectivity index is 1.76. The fraction of sp³-hybridized carbons (Fsp3) is 0.737. The highest BCUT2D eigenvalue weighted by Gasteiger charge is 2.51.